The Kier molecular flexibility index (Phi) is 11.2. The first-order chi connectivity index (χ1) is 12.5. The lowest BCUT2D eigenvalue weighted by Crippen LogP contribution is -2.49. The molecule has 0 spiro atoms. The van der Waals surface area contributed by atoms with Crippen LogP contribution in [-0.2, 0) is 16.0 Å². The van der Waals surface area contributed by atoms with E-state index in [1.165, 1.54) is 0 Å². The normalized spacial score (nSPS) is 12.1. The fourth-order valence-electron chi connectivity index (χ4n) is 2.62. The molecule has 1 aromatic rings. The van der Waals surface area contributed by atoms with Gasteiger partial charge in [0, 0.05) is 13.1 Å². The van der Waals surface area contributed by atoms with Gasteiger partial charge in [0.2, 0.25) is 11.8 Å². The molecule has 1 rings (SSSR count). The molecular formula is C21H36ClN3O3. The summed E-state index contributed by atoms with van der Waals surface area (Å²) in [6.07, 6.45) is 0.741. The predicted molar refractivity (Wildman–Crippen MR) is 116 cm³/mol. The van der Waals surface area contributed by atoms with Crippen LogP contribution in [0, 0.1) is 11.3 Å². The zero-order valence-electron chi connectivity index (χ0n) is 18.0. The number of carbonyl (C=O) groups excluding carboxylic acids is 2. The van der Waals surface area contributed by atoms with Crippen LogP contribution < -0.4 is 15.8 Å². The molecule has 0 aliphatic carbocycles. The van der Waals surface area contributed by atoms with E-state index in [0.717, 1.165) is 17.7 Å². The summed E-state index contributed by atoms with van der Waals surface area (Å²) in [6, 6.07) is 7.23. The van der Waals surface area contributed by atoms with Crippen molar-refractivity contribution < 1.29 is 14.3 Å². The average Bonchev–Trinajstić information content (AvgIpc) is 2.61. The van der Waals surface area contributed by atoms with E-state index in [4.69, 9.17) is 10.5 Å². The van der Waals surface area contributed by atoms with Crippen molar-refractivity contribution in [2.24, 2.45) is 17.1 Å². The Morgan fingerprint density at radius 3 is 2.21 bits per heavy atom. The fraction of sp³-hybridized carbons (Fsp3) is 0.619. The van der Waals surface area contributed by atoms with Gasteiger partial charge in [0.25, 0.3) is 0 Å². The number of amides is 2. The molecule has 2 amide bonds. The van der Waals surface area contributed by atoms with Crippen LogP contribution in [0.2, 0.25) is 0 Å². The topological polar surface area (TPSA) is 84.7 Å². The Morgan fingerprint density at radius 2 is 1.75 bits per heavy atom. The Bertz CT molecular complexity index is 612. The quantitative estimate of drug-likeness (QED) is 0.651. The molecule has 0 bridgehead atoms. The number of rotatable bonds is 9. The van der Waals surface area contributed by atoms with Crippen molar-refractivity contribution in [2.75, 3.05) is 26.7 Å². The maximum absolute atomic E-state index is 12.7. The number of halogens is 1. The fourth-order valence-corrected chi connectivity index (χ4v) is 2.62. The molecule has 160 valence electrons. The molecule has 0 radical (unpaired) electrons. The van der Waals surface area contributed by atoms with E-state index in [1.54, 1.807) is 7.11 Å². The molecular weight excluding hydrogens is 378 g/mol. The molecule has 1 atom stereocenters. The lowest BCUT2D eigenvalue weighted by molar-refractivity contribution is -0.134. The number of benzene rings is 1. The Labute approximate surface area is 175 Å². The molecule has 6 nitrogen and oxygen atoms in total. The third-order valence-corrected chi connectivity index (χ3v) is 4.28. The second-order valence-corrected chi connectivity index (χ2v) is 8.46. The third-order valence-electron chi connectivity index (χ3n) is 4.28. The van der Waals surface area contributed by atoms with Crippen molar-refractivity contribution in [1.82, 2.24) is 10.2 Å². The monoisotopic (exact) mass is 413 g/mol. The van der Waals surface area contributed by atoms with E-state index < -0.39 is 6.04 Å². The minimum atomic E-state index is -0.604. The highest BCUT2D eigenvalue weighted by molar-refractivity contribution is 5.87. The molecule has 3 N–H and O–H groups in total. The SMILES string of the molecule is COc1ccc(CCN(CC(C)(C)C)C(=O)CNC(=O)[C@@H](N)C(C)C)cc1.Cl. The minimum Gasteiger partial charge on any atom is -0.497 e. The lowest BCUT2D eigenvalue weighted by Gasteiger charge is -2.30. The van der Waals surface area contributed by atoms with Crippen molar-refractivity contribution in [3.63, 3.8) is 0 Å². The van der Waals surface area contributed by atoms with E-state index in [1.807, 2.05) is 43.0 Å². The molecule has 0 saturated heterocycles. The average molecular weight is 414 g/mol. The van der Waals surface area contributed by atoms with Gasteiger partial charge < -0.3 is 20.7 Å². The van der Waals surface area contributed by atoms with Crippen molar-refractivity contribution in [3.8, 4) is 5.75 Å². The van der Waals surface area contributed by atoms with Crippen molar-refractivity contribution in [3.05, 3.63) is 29.8 Å². The summed E-state index contributed by atoms with van der Waals surface area (Å²) in [5.74, 6) is 0.457. The van der Waals surface area contributed by atoms with Crippen LogP contribution in [0.15, 0.2) is 24.3 Å². The molecule has 7 heteroatoms. The Morgan fingerprint density at radius 1 is 1.18 bits per heavy atom. The zero-order chi connectivity index (χ0) is 20.6. The first-order valence-electron chi connectivity index (χ1n) is 9.47. The van der Waals surface area contributed by atoms with Crippen LogP contribution in [0.4, 0.5) is 0 Å². The van der Waals surface area contributed by atoms with Crippen LogP contribution in [-0.4, -0.2) is 49.5 Å². The molecule has 0 aliphatic rings. The van der Waals surface area contributed by atoms with Gasteiger partial charge >= 0.3 is 0 Å². The van der Waals surface area contributed by atoms with Gasteiger partial charge in [-0.05, 0) is 35.4 Å². The largest absolute Gasteiger partial charge is 0.497 e. The van der Waals surface area contributed by atoms with Gasteiger partial charge in [-0.2, -0.15) is 0 Å². The molecule has 0 fully saturated rings. The second-order valence-electron chi connectivity index (χ2n) is 8.46. The van der Waals surface area contributed by atoms with Crippen LogP contribution in [0.1, 0.15) is 40.2 Å². The smallest absolute Gasteiger partial charge is 0.241 e. The van der Waals surface area contributed by atoms with Gasteiger partial charge in [-0.15, -0.1) is 12.4 Å². The summed E-state index contributed by atoms with van der Waals surface area (Å²) in [5, 5.41) is 2.67. The van der Waals surface area contributed by atoms with Crippen LogP contribution in [0.5, 0.6) is 5.75 Å². The molecule has 0 heterocycles. The van der Waals surface area contributed by atoms with Crippen molar-refractivity contribution in [2.45, 2.75) is 47.1 Å². The van der Waals surface area contributed by atoms with Crippen LogP contribution in [0.25, 0.3) is 0 Å². The molecule has 0 aliphatic heterocycles. The number of carbonyl (C=O) groups is 2. The molecule has 0 aromatic heterocycles. The van der Waals surface area contributed by atoms with Gasteiger partial charge in [-0.25, -0.2) is 0 Å². The first kappa shape index (κ1) is 26.2. The number of methoxy groups -OCH3 is 1. The maximum Gasteiger partial charge on any atom is 0.241 e. The van der Waals surface area contributed by atoms with E-state index in [0.29, 0.717) is 13.1 Å². The van der Waals surface area contributed by atoms with Gasteiger partial charge in [-0.3, -0.25) is 9.59 Å². The number of hydrogen-bond acceptors (Lipinski definition) is 4. The molecule has 28 heavy (non-hydrogen) atoms. The summed E-state index contributed by atoms with van der Waals surface area (Å²) in [7, 11) is 1.64. The van der Waals surface area contributed by atoms with E-state index in [9.17, 15) is 9.59 Å². The first-order valence-corrected chi connectivity index (χ1v) is 9.47. The van der Waals surface area contributed by atoms with E-state index in [-0.39, 0.29) is 42.1 Å². The summed E-state index contributed by atoms with van der Waals surface area (Å²) < 4.78 is 5.17. The zero-order valence-corrected chi connectivity index (χ0v) is 18.8. The van der Waals surface area contributed by atoms with Gasteiger partial charge in [0.15, 0.2) is 0 Å². The number of nitrogens with one attached hydrogen (secondary N) is 1. The summed E-state index contributed by atoms with van der Waals surface area (Å²) in [6.45, 7) is 11.2. The molecule has 0 saturated carbocycles. The maximum atomic E-state index is 12.7. The molecule has 1 aromatic carbocycles. The van der Waals surface area contributed by atoms with Gasteiger partial charge in [0.05, 0.1) is 19.7 Å². The minimum absolute atomic E-state index is 0. The standard InChI is InChI=1S/C21H35N3O3.ClH/c1-15(2)19(22)20(26)23-13-18(25)24(14-21(3,4)5)12-11-16-7-9-17(27-6)10-8-16;/h7-10,15,19H,11-14,22H2,1-6H3,(H,23,26);1H/t19-;/m0./s1. The number of nitrogens with zero attached hydrogens (tertiary/aromatic N) is 1. The predicted octanol–water partition coefficient (Wildman–Crippen LogP) is 2.63. The van der Waals surface area contributed by atoms with Crippen LogP contribution >= 0.6 is 12.4 Å². The van der Waals surface area contributed by atoms with E-state index >= 15 is 0 Å². The Balaban J connectivity index is 0.00000729. The highest BCUT2D eigenvalue weighted by atomic mass is 35.5. The highest BCUT2D eigenvalue weighted by Gasteiger charge is 2.23. The Hall–Kier alpha value is -1.79. The van der Waals surface area contributed by atoms with Crippen LogP contribution in [0.3, 0.4) is 0 Å². The third kappa shape index (κ3) is 9.42. The second kappa shape index (κ2) is 11.9. The van der Waals surface area contributed by atoms with E-state index in [2.05, 4.69) is 26.1 Å². The van der Waals surface area contributed by atoms with Crippen molar-refractivity contribution in [1.29, 1.82) is 0 Å². The summed E-state index contributed by atoms with van der Waals surface area (Å²) in [4.78, 5) is 26.5. The number of nitrogens with two attached hydrogens (primary N) is 1. The van der Waals surface area contributed by atoms with Gasteiger partial charge in [0.1, 0.15) is 5.75 Å². The highest BCUT2D eigenvalue weighted by Crippen LogP contribution is 2.17. The summed E-state index contributed by atoms with van der Waals surface area (Å²) >= 11 is 0. The molecule has 0 unspecified atom stereocenters. The lowest BCUT2D eigenvalue weighted by atomic mass is 9.95. The van der Waals surface area contributed by atoms with Gasteiger partial charge in [-0.1, -0.05) is 46.8 Å². The number of ether oxygens (including phenoxy) is 1. The summed E-state index contributed by atoms with van der Waals surface area (Å²) in [5.41, 5.74) is 6.93. The van der Waals surface area contributed by atoms with Crippen molar-refractivity contribution >= 4 is 24.2 Å². The number of hydrogen-bond donors (Lipinski definition) is 2.